The van der Waals surface area contributed by atoms with E-state index in [1.54, 1.807) is 30.3 Å². The molecule has 1 atom stereocenters. The Hall–Kier alpha value is -1.89. The number of nitrogens with one attached hydrogen (secondary N) is 1. The van der Waals surface area contributed by atoms with Gasteiger partial charge in [0.1, 0.15) is 6.61 Å². The summed E-state index contributed by atoms with van der Waals surface area (Å²) >= 11 is 0. The van der Waals surface area contributed by atoms with Crippen LogP contribution < -0.4 is 5.32 Å². The van der Waals surface area contributed by atoms with Crippen molar-refractivity contribution in [3.8, 4) is 0 Å². The van der Waals surface area contributed by atoms with Crippen LogP contribution in [-0.4, -0.2) is 36.7 Å². The minimum atomic E-state index is -4.12. The van der Waals surface area contributed by atoms with Gasteiger partial charge in [0.2, 0.25) is 5.28 Å². The van der Waals surface area contributed by atoms with E-state index in [1.165, 1.54) is 0 Å². The maximum atomic E-state index is 12.3. The van der Waals surface area contributed by atoms with Gasteiger partial charge in [0.25, 0.3) is 0 Å². The lowest BCUT2D eigenvalue weighted by Gasteiger charge is -2.30. The first kappa shape index (κ1) is 18.2. The van der Waals surface area contributed by atoms with Gasteiger partial charge in [0.05, 0.1) is 0 Å². The molecule has 0 radical (unpaired) electrons. The number of aliphatic carboxylic acids is 1. The van der Waals surface area contributed by atoms with E-state index < -0.39 is 24.9 Å². The molecular formula is C13H18NO7P. The molecule has 122 valence electrons. The molecule has 0 aliphatic rings. The third-order valence-electron chi connectivity index (χ3n) is 3.00. The molecule has 1 amide bonds. The zero-order chi connectivity index (χ0) is 16.8. The van der Waals surface area contributed by atoms with Gasteiger partial charge in [-0.1, -0.05) is 30.3 Å². The van der Waals surface area contributed by atoms with Crippen LogP contribution in [0.5, 0.6) is 0 Å². The van der Waals surface area contributed by atoms with Crippen molar-refractivity contribution < 1.29 is 33.0 Å². The van der Waals surface area contributed by atoms with Gasteiger partial charge < -0.3 is 18.9 Å². The number of hydrogen-bond donors (Lipinski definition) is 2. The summed E-state index contributed by atoms with van der Waals surface area (Å²) in [7, 11) is -2.06. The van der Waals surface area contributed by atoms with Gasteiger partial charge in [-0.25, -0.2) is 9.59 Å². The van der Waals surface area contributed by atoms with E-state index >= 15 is 0 Å². The van der Waals surface area contributed by atoms with Crippen molar-refractivity contribution in [2.45, 2.75) is 18.8 Å². The van der Waals surface area contributed by atoms with E-state index in [0.717, 1.165) is 26.7 Å². The fourth-order valence-corrected chi connectivity index (χ4v) is 2.98. The molecule has 1 aromatic rings. The number of benzene rings is 1. The van der Waals surface area contributed by atoms with Crippen molar-refractivity contribution in [2.24, 2.45) is 0 Å². The molecule has 0 unspecified atom stereocenters. The zero-order valence-electron chi connectivity index (χ0n) is 12.4. The molecule has 1 aromatic carbocycles. The predicted molar refractivity (Wildman–Crippen MR) is 77.4 cm³/mol. The lowest BCUT2D eigenvalue weighted by molar-refractivity contribution is -0.141. The van der Waals surface area contributed by atoms with Crippen LogP contribution in [0.4, 0.5) is 4.79 Å². The van der Waals surface area contributed by atoms with Gasteiger partial charge in [0, 0.05) is 14.2 Å². The Labute approximate surface area is 127 Å². The summed E-state index contributed by atoms with van der Waals surface area (Å²) < 4.78 is 26.6. The molecule has 0 heterocycles. The normalized spacial score (nSPS) is 14.0. The van der Waals surface area contributed by atoms with E-state index in [-0.39, 0.29) is 6.61 Å². The molecule has 8 nitrogen and oxygen atoms in total. The van der Waals surface area contributed by atoms with Crippen LogP contribution in [-0.2, 0) is 29.8 Å². The predicted octanol–water partition coefficient (Wildman–Crippen LogP) is 2.20. The van der Waals surface area contributed by atoms with Crippen molar-refractivity contribution in [3.63, 3.8) is 0 Å². The summed E-state index contributed by atoms with van der Waals surface area (Å²) in [5.74, 6) is -1.57. The first-order valence-corrected chi connectivity index (χ1v) is 7.77. The molecule has 22 heavy (non-hydrogen) atoms. The van der Waals surface area contributed by atoms with Crippen molar-refractivity contribution in [1.82, 2.24) is 5.32 Å². The lowest BCUT2D eigenvalue weighted by Crippen LogP contribution is -2.52. The van der Waals surface area contributed by atoms with Crippen LogP contribution in [0, 0.1) is 0 Å². The summed E-state index contributed by atoms with van der Waals surface area (Å²) in [6, 6.07) is 8.81. The molecule has 0 aromatic heterocycles. The van der Waals surface area contributed by atoms with E-state index in [1.807, 2.05) is 5.32 Å². The van der Waals surface area contributed by atoms with Gasteiger partial charge in [-0.3, -0.25) is 9.88 Å². The van der Waals surface area contributed by atoms with Crippen LogP contribution in [0.2, 0.25) is 0 Å². The van der Waals surface area contributed by atoms with Crippen LogP contribution in [0.25, 0.3) is 0 Å². The second kappa shape index (κ2) is 7.40. The Bertz CT molecular complexity index is 569. The largest absolute Gasteiger partial charge is 0.479 e. The minimum absolute atomic E-state index is 0.0629. The summed E-state index contributed by atoms with van der Waals surface area (Å²) in [6.07, 6.45) is -1.05. The molecule has 0 saturated heterocycles. The second-order valence-electron chi connectivity index (χ2n) is 4.43. The summed E-state index contributed by atoms with van der Waals surface area (Å²) in [4.78, 5) is 23.2. The minimum Gasteiger partial charge on any atom is -0.479 e. The molecule has 0 aliphatic carbocycles. The Morgan fingerprint density at radius 3 is 2.23 bits per heavy atom. The monoisotopic (exact) mass is 331 g/mol. The van der Waals surface area contributed by atoms with E-state index in [9.17, 15) is 19.3 Å². The molecule has 0 bridgehead atoms. The topological polar surface area (TPSA) is 111 Å². The Balaban J connectivity index is 2.81. The average Bonchev–Trinajstić information content (AvgIpc) is 2.52. The van der Waals surface area contributed by atoms with Crippen LogP contribution >= 0.6 is 7.60 Å². The van der Waals surface area contributed by atoms with Crippen LogP contribution in [0.15, 0.2) is 30.3 Å². The smallest absolute Gasteiger partial charge is 0.408 e. The number of carboxylic acid groups (broad SMARTS) is 1. The molecule has 2 N–H and O–H groups in total. The zero-order valence-corrected chi connectivity index (χ0v) is 13.3. The fraction of sp³-hybridized carbons (Fsp3) is 0.385. The van der Waals surface area contributed by atoms with Gasteiger partial charge in [0.15, 0.2) is 0 Å². The molecule has 9 heteroatoms. The number of rotatable bonds is 7. The quantitative estimate of drug-likeness (QED) is 0.737. The maximum Gasteiger partial charge on any atom is 0.408 e. The second-order valence-corrected chi connectivity index (χ2v) is 7.05. The number of amides is 1. The molecule has 0 saturated carbocycles. The third kappa shape index (κ3) is 3.85. The fourth-order valence-electron chi connectivity index (χ4n) is 1.64. The van der Waals surface area contributed by atoms with Crippen LogP contribution in [0.1, 0.15) is 12.5 Å². The third-order valence-corrected chi connectivity index (χ3v) is 5.36. The molecule has 0 aliphatic heterocycles. The molecule has 0 spiro atoms. The van der Waals surface area contributed by atoms with Gasteiger partial charge in [-0.2, -0.15) is 0 Å². The van der Waals surface area contributed by atoms with Gasteiger partial charge >= 0.3 is 19.7 Å². The van der Waals surface area contributed by atoms with Crippen molar-refractivity contribution in [2.75, 3.05) is 14.2 Å². The van der Waals surface area contributed by atoms with Crippen molar-refractivity contribution >= 4 is 19.7 Å². The number of alkyl carbamates (subject to hydrolysis) is 1. The van der Waals surface area contributed by atoms with E-state index in [4.69, 9.17) is 4.74 Å². The van der Waals surface area contributed by atoms with E-state index in [0.29, 0.717) is 0 Å². The van der Waals surface area contributed by atoms with Crippen molar-refractivity contribution in [3.05, 3.63) is 35.9 Å². The average molecular weight is 331 g/mol. The van der Waals surface area contributed by atoms with Gasteiger partial charge in [-0.15, -0.1) is 0 Å². The highest BCUT2D eigenvalue weighted by molar-refractivity contribution is 7.56. The number of ether oxygens (including phenoxy) is 1. The molecule has 1 rings (SSSR count). The number of carboxylic acids is 1. The first-order chi connectivity index (χ1) is 10.3. The van der Waals surface area contributed by atoms with Gasteiger partial charge in [-0.05, 0) is 12.5 Å². The highest BCUT2D eigenvalue weighted by Gasteiger charge is 2.54. The summed E-state index contributed by atoms with van der Waals surface area (Å²) in [6.45, 7) is 0.958. The summed E-state index contributed by atoms with van der Waals surface area (Å²) in [5.41, 5.74) is 0.719. The molecule has 0 fully saturated rings. The Morgan fingerprint density at radius 1 is 1.23 bits per heavy atom. The highest BCUT2D eigenvalue weighted by atomic mass is 31.2. The Morgan fingerprint density at radius 2 is 1.77 bits per heavy atom. The SMILES string of the molecule is COP(=O)(OC)[C@](C)(NC(=O)OCc1ccccc1)C(=O)O. The maximum absolute atomic E-state index is 12.3. The summed E-state index contributed by atoms with van der Waals surface area (Å²) in [5, 5.41) is 9.02. The number of carbonyl (C=O) groups excluding carboxylic acids is 1. The molecular weight excluding hydrogens is 313 g/mol. The number of hydrogen-bond acceptors (Lipinski definition) is 6. The number of carbonyl (C=O) groups is 2. The van der Waals surface area contributed by atoms with E-state index in [2.05, 4.69) is 9.05 Å². The lowest BCUT2D eigenvalue weighted by atomic mass is 10.2. The standard InChI is InChI=1S/C13H18NO7P/c1-13(11(15)16,22(18,19-2)20-3)14-12(17)21-9-10-7-5-4-6-8-10/h4-8H,9H2,1-3H3,(H,14,17)(H,15,16)/t13-/m0/s1. The highest BCUT2D eigenvalue weighted by Crippen LogP contribution is 2.57. The van der Waals surface area contributed by atoms with Crippen molar-refractivity contribution in [1.29, 1.82) is 0 Å². The first-order valence-electron chi connectivity index (χ1n) is 6.23. The Kier molecular flexibility index (Phi) is 6.11. The van der Waals surface area contributed by atoms with Crippen LogP contribution in [0.3, 0.4) is 0 Å².